The average Bonchev–Trinajstić information content (AvgIpc) is 1.63. The van der Waals surface area contributed by atoms with Crippen molar-refractivity contribution in [2.24, 2.45) is 0 Å². The van der Waals surface area contributed by atoms with Gasteiger partial charge in [-0.3, -0.25) is 0 Å². The van der Waals surface area contributed by atoms with Crippen molar-refractivity contribution in [2.45, 2.75) is 6.05 Å². The second-order valence-electron chi connectivity index (χ2n) is 1.67. The third-order valence-corrected chi connectivity index (χ3v) is 1.12. The van der Waals surface area contributed by atoms with Crippen LogP contribution >= 0.6 is 0 Å². The molecule has 0 amide bonds. The summed E-state index contributed by atoms with van der Waals surface area (Å²) >= 11 is 0. The zero-order chi connectivity index (χ0) is 5.49. The SMILES string of the molecule is CN1C[CH]C1(F)F. The van der Waals surface area contributed by atoms with Crippen molar-refractivity contribution < 1.29 is 8.78 Å². The molecular weight excluding hydrogens is 100 g/mol. The van der Waals surface area contributed by atoms with Gasteiger partial charge in [-0.2, -0.15) is 8.78 Å². The normalized spacial score (nSPS) is 29.6. The monoisotopic (exact) mass is 106 g/mol. The lowest BCUT2D eigenvalue weighted by atomic mass is 10.2. The Morgan fingerprint density at radius 2 is 2.14 bits per heavy atom. The van der Waals surface area contributed by atoms with E-state index < -0.39 is 6.05 Å². The zero-order valence-corrected chi connectivity index (χ0v) is 3.99. The molecule has 0 aromatic heterocycles. The first-order chi connectivity index (χ1) is 3.13. The third-order valence-electron chi connectivity index (χ3n) is 1.12. The second kappa shape index (κ2) is 1.15. The molecule has 0 aromatic carbocycles. The Hall–Kier alpha value is -0.180. The Morgan fingerprint density at radius 1 is 1.71 bits per heavy atom. The predicted molar refractivity (Wildman–Crippen MR) is 21.9 cm³/mol. The van der Waals surface area contributed by atoms with Crippen molar-refractivity contribution in [2.75, 3.05) is 13.6 Å². The molecule has 0 unspecified atom stereocenters. The van der Waals surface area contributed by atoms with E-state index in [1.165, 1.54) is 7.05 Å². The largest absolute Gasteiger partial charge is 0.309 e. The van der Waals surface area contributed by atoms with Crippen LogP contribution in [0.25, 0.3) is 0 Å². The molecule has 1 aliphatic rings. The maximum Gasteiger partial charge on any atom is 0.309 e. The van der Waals surface area contributed by atoms with E-state index in [1.54, 1.807) is 0 Å². The number of rotatable bonds is 0. The maximum absolute atomic E-state index is 11.8. The fourth-order valence-corrected chi connectivity index (χ4v) is 0.412. The highest BCUT2D eigenvalue weighted by Gasteiger charge is 2.43. The van der Waals surface area contributed by atoms with Gasteiger partial charge in [0, 0.05) is 6.54 Å². The van der Waals surface area contributed by atoms with E-state index in [0.29, 0.717) is 6.54 Å². The van der Waals surface area contributed by atoms with Crippen molar-refractivity contribution in [1.82, 2.24) is 4.90 Å². The van der Waals surface area contributed by atoms with E-state index in [2.05, 4.69) is 0 Å². The molecule has 0 aromatic rings. The van der Waals surface area contributed by atoms with Crippen molar-refractivity contribution >= 4 is 0 Å². The molecule has 41 valence electrons. The lowest BCUT2D eigenvalue weighted by molar-refractivity contribution is -0.154. The van der Waals surface area contributed by atoms with Crippen molar-refractivity contribution in [1.29, 1.82) is 0 Å². The molecule has 0 atom stereocenters. The summed E-state index contributed by atoms with van der Waals surface area (Å²) in [5.41, 5.74) is 0. The van der Waals surface area contributed by atoms with E-state index in [-0.39, 0.29) is 0 Å². The minimum absolute atomic E-state index is 0.410. The summed E-state index contributed by atoms with van der Waals surface area (Å²) in [6, 6.07) is -2.61. The minimum atomic E-state index is -2.61. The number of hydrogen-bond acceptors (Lipinski definition) is 1. The van der Waals surface area contributed by atoms with Crippen LogP contribution < -0.4 is 0 Å². The van der Waals surface area contributed by atoms with Crippen LogP contribution in [0.1, 0.15) is 0 Å². The summed E-state index contributed by atoms with van der Waals surface area (Å²) in [5, 5.41) is 0. The molecule has 1 fully saturated rings. The van der Waals surface area contributed by atoms with Gasteiger partial charge in [0.15, 0.2) is 0 Å². The molecule has 1 radical (unpaired) electrons. The highest BCUT2D eigenvalue weighted by molar-refractivity contribution is 4.96. The average molecular weight is 106 g/mol. The van der Waals surface area contributed by atoms with Crippen LogP contribution in [0, 0.1) is 6.42 Å². The van der Waals surface area contributed by atoms with Gasteiger partial charge < -0.3 is 0 Å². The van der Waals surface area contributed by atoms with Gasteiger partial charge in [0.1, 0.15) is 0 Å². The molecule has 0 bridgehead atoms. The fourth-order valence-electron chi connectivity index (χ4n) is 0.412. The molecule has 1 aliphatic heterocycles. The van der Waals surface area contributed by atoms with Crippen molar-refractivity contribution in [3.8, 4) is 0 Å². The topological polar surface area (TPSA) is 3.24 Å². The lowest BCUT2D eigenvalue weighted by Crippen LogP contribution is -2.51. The quantitative estimate of drug-likeness (QED) is 0.411. The van der Waals surface area contributed by atoms with E-state index in [9.17, 15) is 8.78 Å². The van der Waals surface area contributed by atoms with Gasteiger partial charge in [0.2, 0.25) is 0 Å². The molecule has 1 heterocycles. The predicted octanol–water partition coefficient (Wildman–Crippen LogP) is 0.729. The smallest absolute Gasteiger partial charge is 0.247 e. The molecule has 0 N–H and O–H groups in total. The Morgan fingerprint density at radius 3 is 2.14 bits per heavy atom. The summed E-state index contributed by atoms with van der Waals surface area (Å²) in [6.07, 6.45) is 0.979. The first-order valence-electron chi connectivity index (χ1n) is 2.06. The van der Waals surface area contributed by atoms with Crippen LogP contribution in [0.2, 0.25) is 0 Å². The van der Waals surface area contributed by atoms with Gasteiger partial charge in [-0.1, -0.05) is 0 Å². The summed E-state index contributed by atoms with van der Waals surface area (Å²) in [4.78, 5) is 0.979. The molecular formula is C4H6F2N. The number of nitrogens with zero attached hydrogens (tertiary/aromatic N) is 1. The van der Waals surface area contributed by atoms with Crippen LogP contribution in [0.4, 0.5) is 8.78 Å². The molecule has 3 heteroatoms. The van der Waals surface area contributed by atoms with Gasteiger partial charge in [-0.05, 0) is 7.05 Å². The summed E-state index contributed by atoms with van der Waals surface area (Å²) < 4.78 is 23.6. The van der Waals surface area contributed by atoms with Crippen LogP contribution in [-0.2, 0) is 0 Å². The number of hydrogen-bond donors (Lipinski definition) is 0. The number of halogens is 2. The second-order valence-corrected chi connectivity index (χ2v) is 1.67. The zero-order valence-electron chi connectivity index (χ0n) is 3.99. The maximum atomic E-state index is 11.8. The first-order valence-corrected chi connectivity index (χ1v) is 2.06. The Kier molecular flexibility index (Phi) is 0.819. The van der Waals surface area contributed by atoms with Crippen LogP contribution in [0.3, 0.4) is 0 Å². The third kappa shape index (κ3) is 0.608. The van der Waals surface area contributed by atoms with Gasteiger partial charge >= 0.3 is 6.05 Å². The summed E-state index contributed by atoms with van der Waals surface area (Å²) in [5.74, 6) is 0. The number of likely N-dealkylation sites (tertiary alicyclic amines) is 1. The molecule has 0 spiro atoms. The van der Waals surface area contributed by atoms with Crippen LogP contribution in [0.5, 0.6) is 0 Å². The van der Waals surface area contributed by atoms with Gasteiger partial charge in [-0.15, -0.1) is 0 Å². The van der Waals surface area contributed by atoms with Crippen molar-refractivity contribution in [3.05, 3.63) is 6.42 Å². The first kappa shape index (κ1) is 4.97. The molecule has 1 nitrogen and oxygen atoms in total. The van der Waals surface area contributed by atoms with E-state index >= 15 is 0 Å². The van der Waals surface area contributed by atoms with Gasteiger partial charge in [0.05, 0.1) is 6.42 Å². The summed E-state index contributed by atoms with van der Waals surface area (Å²) in [7, 11) is 1.39. The van der Waals surface area contributed by atoms with Gasteiger partial charge in [-0.25, -0.2) is 4.90 Å². The standard InChI is InChI=1S/C4H6F2N/c1-7-3-2-4(7,5)6/h2H,3H2,1H3. The van der Waals surface area contributed by atoms with E-state index in [4.69, 9.17) is 0 Å². The lowest BCUT2D eigenvalue weighted by Gasteiger charge is -2.36. The molecule has 1 rings (SSSR count). The van der Waals surface area contributed by atoms with Gasteiger partial charge in [0.25, 0.3) is 0 Å². The Balaban J connectivity index is 2.43. The Bertz CT molecular complexity index is 81.8. The minimum Gasteiger partial charge on any atom is -0.247 e. The van der Waals surface area contributed by atoms with Crippen molar-refractivity contribution in [3.63, 3.8) is 0 Å². The van der Waals surface area contributed by atoms with Crippen LogP contribution in [-0.4, -0.2) is 24.5 Å². The molecule has 7 heavy (non-hydrogen) atoms. The van der Waals surface area contributed by atoms with E-state index in [1.807, 2.05) is 0 Å². The highest BCUT2D eigenvalue weighted by Crippen LogP contribution is 2.29. The van der Waals surface area contributed by atoms with E-state index in [0.717, 1.165) is 11.3 Å². The van der Waals surface area contributed by atoms with Crippen LogP contribution in [0.15, 0.2) is 0 Å². The highest BCUT2D eigenvalue weighted by atomic mass is 19.3. The molecule has 1 saturated heterocycles. The number of alkyl halides is 2. The summed E-state index contributed by atoms with van der Waals surface area (Å²) in [6.45, 7) is 0.410. The molecule has 0 saturated carbocycles. The fraction of sp³-hybridized carbons (Fsp3) is 0.750. The Labute approximate surface area is 40.9 Å². The molecule has 0 aliphatic carbocycles.